The summed E-state index contributed by atoms with van der Waals surface area (Å²) in [5, 5.41) is 5.29. The molecule has 0 atom stereocenters. The van der Waals surface area contributed by atoms with Gasteiger partial charge in [-0.1, -0.05) is 23.7 Å². The van der Waals surface area contributed by atoms with Crippen molar-refractivity contribution in [2.75, 3.05) is 10.0 Å². The average Bonchev–Trinajstić information content (AvgIpc) is 2.74. The number of anilines is 2. The molecule has 2 amide bonds. The van der Waals surface area contributed by atoms with Crippen LogP contribution >= 0.6 is 11.6 Å². The van der Waals surface area contributed by atoms with Gasteiger partial charge in [0.25, 0.3) is 15.9 Å². The number of carbonyl (C=O) groups is 2. The van der Waals surface area contributed by atoms with E-state index in [2.05, 4.69) is 15.4 Å². The van der Waals surface area contributed by atoms with Crippen LogP contribution in [0.4, 0.5) is 15.8 Å². The predicted octanol–water partition coefficient (Wildman–Crippen LogP) is 4.17. The third-order valence-corrected chi connectivity index (χ3v) is 6.17. The van der Waals surface area contributed by atoms with Crippen LogP contribution in [0.5, 0.6) is 0 Å². The van der Waals surface area contributed by atoms with Crippen LogP contribution in [0.3, 0.4) is 0 Å². The second-order valence-electron chi connectivity index (χ2n) is 6.82. The van der Waals surface area contributed by atoms with E-state index >= 15 is 0 Å². The maximum absolute atomic E-state index is 13.1. The molecule has 0 saturated heterocycles. The lowest BCUT2D eigenvalue weighted by Crippen LogP contribution is -2.23. The largest absolute Gasteiger partial charge is 0.348 e. The van der Waals surface area contributed by atoms with Gasteiger partial charge in [-0.2, -0.15) is 0 Å². The number of rotatable bonds is 7. The van der Waals surface area contributed by atoms with E-state index in [1.54, 1.807) is 24.3 Å². The van der Waals surface area contributed by atoms with E-state index in [4.69, 9.17) is 11.6 Å². The summed E-state index contributed by atoms with van der Waals surface area (Å²) in [6.45, 7) is 1.60. The number of amides is 2. The minimum atomic E-state index is -4.11. The van der Waals surface area contributed by atoms with Gasteiger partial charge in [0.1, 0.15) is 10.7 Å². The molecule has 3 N–H and O–H groups in total. The van der Waals surface area contributed by atoms with Crippen molar-refractivity contribution >= 4 is 44.8 Å². The summed E-state index contributed by atoms with van der Waals surface area (Å²) in [5.41, 5.74) is 1.67. The van der Waals surface area contributed by atoms with Crippen LogP contribution in [0.15, 0.2) is 71.6 Å². The Hall–Kier alpha value is -3.43. The first kappa shape index (κ1) is 23.2. The summed E-state index contributed by atoms with van der Waals surface area (Å²) in [6, 6.07) is 15.6. The van der Waals surface area contributed by atoms with Crippen molar-refractivity contribution < 1.29 is 22.4 Å². The monoisotopic (exact) mass is 475 g/mol. The van der Waals surface area contributed by atoms with Crippen LogP contribution in [0.2, 0.25) is 5.02 Å². The van der Waals surface area contributed by atoms with E-state index < -0.39 is 21.7 Å². The minimum absolute atomic E-state index is 0.0651. The molecule has 0 radical (unpaired) electrons. The fourth-order valence-electron chi connectivity index (χ4n) is 2.77. The Balaban J connectivity index is 1.72. The third kappa shape index (κ3) is 6.05. The number of hydrogen-bond donors (Lipinski definition) is 3. The number of nitrogens with one attached hydrogen (secondary N) is 3. The average molecular weight is 476 g/mol. The number of benzene rings is 3. The summed E-state index contributed by atoms with van der Waals surface area (Å²) < 4.78 is 40.8. The van der Waals surface area contributed by atoms with Gasteiger partial charge in [-0.15, -0.1) is 0 Å². The second-order valence-corrected chi connectivity index (χ2v) is 8.88. The van der Waals surface area contributed by atoms with Gasteiger partial charge in [-0.3, -0.25) is 14.3 Å². The highest BCUT2D eigenvalue weighted by Crippen LogP contribution is 2.25. The van der Waals surface area contributed by atoms with Crippen LogP contribution in [-0.4, -0.2) is 20.2 Å². The van der Waals surface area contributed by atoms with Crippen LogP contribution < -0.4 is 15.4 Å². The first-order valence-electron chi connectivity index (χ1n) is 9.37. The van der Waals surface area contributed by atoms with E-state index in [1.165, 1.54) is 37.3 Å². The van der Waals surface area contributed by atoms with Crippen molar-refractivity contribution in [1.82, 2.24) is 5.32 Å². The normalized spacial score (nSPS) is 11.0. The highest BCUT2D eigenvalue weighted by Gasteiger charge is 2.20. The van der Waals surface area contributed by atoms with E-state index in [9.17, 15) is 22.4 Å². The fourth-order valence-corrected chi connectivity index (χ4v) is 4.36. The first-order valence-corrected chi connectivity index (χ1v) is 11.2. The number of hydrogen-bond acceptors (Lipinski definition) is 4. The molecule has 3 rings (SSSR count). The van der Waals surface area contributed by atoms with Crippen molar-refractivity contribution in [1.29, 1.82) is 0 Å². The van der Waals surface area contributed by atoms with Crippen molar-refractivity contribution in [2.24, 2.45) is 0 Å². The van der Waals surface area contributed by atoms with E-state index in [1.807, 2.05) is 0 Å². The van der Waals surface area contributed by atoms with Crippen molar-refractivity contribution in [2.45, 2.75) is 18.4 Å². The van der Waals surface area contributed by atoms with Gasteiger partial charge in [0.15, 0.2) is 0 Å². The second kappa shape index (κ2) is 9.80. The molecule has 166 valence electrons. The van der Waals surface area contributed by atoms with Gasteiger partial charge in [-0.25, -0.2) is 12.8 Å². The summed E-state index contributed by atoms with van der Waals surface area (Å²) in [7, 11) is -4.11. The molecule has 0 bridgehead atoms. The van der Waals surface area contributed by atoms with Crippen LogP contribution in [-0.2, 0) is 21.4 Å². The Morgan fingerprint density at radius 1 is 0.938 bits per heavy atom. The molecular weight excluding hydrogens is 457 g/mol. The van der Waals surface area contributed by atoms with E-state index in [-0.39, 0.29) is 33.6 Å². The number of halogens is 2. The molecule has 0 fully saturated rings. The summed E-state index contributed by atoms with van der Waals surface area (Å²) in [6.07, 6.45) is 0. The van der Waals surface area contributed by atoms with Gasteiger partial charge in [-0.05, 0) is 60.2 Å². The molecule has 0 saturated carbocycles. The Bertz CT molecular complexity index is 1250. The zero-order valence-electron chi connectivity index (χ0n) is 16.9. The lowest BCUT2D eigenvalue weighted by atomic mass is 10.2. The maximum Gasteiger partial charge on any atom is 0.263 e. The van der Waals surface area contributed by atoms with Gasteiger partial charge in [0.05, 0.1) is 5.02 Å². The topological polar surface area (TPSA) is 104 Å². The molecule has 0 aliphatic rings. The molecule has 0 heterocycles. The summed E-state index contributed by atoms with van der Waals surface area (Å²) >= 11 is 6.06. The van der Waals surface area contributed by atoms with Gasteiger partial charge in [0, 0.05) is 30.4 Å². The Morgan fingerprint density at radius 2 is 1.56 bits per heavy atom. The molecule has 3 aromatic carbocycles. The SMILES string of the molecule is CC(=O)Nc1ccc(CNC(=O)c2ccc(Cl)c(S(=O)(=O)Nc3ccc(F)cc3)c2)cc1. The molecule has 32 heavy (non-hydrogen) atoms. The smallest absolute Gasteiger partial charge is 0.263 e. The molecule has 0 aromatic heterocycles. The maximum atomic E-state index is 13.1. The van der Waals surface area contributed by atoms with Crippen molar-refractivity contribution in [3.63, 3.8) is 0 Å². The van der Waals surface area contributed by atoms with Crippen LogP contribution in [0.1, 0.15) is 22.8 Å². The Kier molecular flexibility index (Phi) is 7.12. The molecule has 0 aliphatic carbocycles. The van der Waals surface area contributed by atoms with Gasteiger partial charge >= 0.3 is 0 Å². The summed E-state index contributed by atoms with van der Waals surface area (Å²) in [5.74, 6) is -1.19. The standard InChI is InChI=1S/C22H19ClFN3O4S/c1-14(28)26-18-7-2-15(3-8-18)13-25-22(29)16-4-11-20(23)21(12-16)32(30,31)27-19-9-5-17(24)6-10-19/h2-12,27H,13H2,1H3,(H,25,29)(H,26,28). The molecule has 7 nitrogen and oxygen atoms in total. The summed E-state index contributed by atoms with van der Waals surface area (Å²) in [4.78, 5) is 23.3. The van der Waals surface area contributed by atoms with E-state index in [0.717, 1.165) is 17.7 Å². The molecule has 0 aliphatic heterocycles. The van der Waals surface area contributed by atoms with Crippen LogP contribution in [0, 0.1) is 5.82 Å². The minimum Gasteiger partial charge on any atom is -0.348 e. The van der Waals surface area contributed by atoms with Crippen LogP contribution in [0.25, 0.3) is 0 Å². The predicted molar refractivity (Wildman–Crippen MR) is 121 cm³/mol. The lowest BCUT2D eigenvalue weighted by molar-refractivity contribution is -0.114. The molecule has 0 unspecified atom stereocenters. The number of sulfonamides is 1. The lowest BCUT2D eigenvalue weighted by Gasteiger charge is -2.12. The van der Waals surface area contributed by atoms with E-state index in [0.29, 0.717) is 5.69 Å². The van der Waals surface area contributed by atoms with Crippen molar-refractivity contribution in [3.05, 3.63) is 88.7 Å². The molecule has 0 spiro atoms. The van der Waals surface area contributed by atoms with Crippen molar-refractivity contribution in [3.8, 4) is 0 Å². The Labute approximate surface area is 189 Å². The van der Waals surface area contributed by atoms with Gasteiger partial charge < -0.3 is 10.6 Å². The van der Waals surface area contributed by atoms with Gasteiger partial charge in [0.2, 0.25) is 5.91 Å². The Morgan fingerprint density at radius 3 is 2.19 bits per heavy atom. The number of carbonyl (C=O) groups excluding carboxylic acids is 2. The fraction of sp³-hybridized carbons (Fsp3) is 0.0909. The molecule has 3 aromatic rings. The zero-order valence-corrected chi connectivity index (χ0v) is 18.4. The molecular formula is C22H19ClFN3O4S. The highest BCUT2D eigenvalue weighted by atomic mass is 35.5. The zero-order chi connectivity index (χ0) is 23.3. The first-order chi connectivity index (χ1) is 15.1. The highest BCUT2D eigenvalue weighted by molar-refractivity contribution is 7.92. The molecule has 10 heteroatoms. The third-order valence-electron chi connectivity index (χ3n) is 4.31. The quantitative estimate of drug-likeness (QED) is 0.477.